The maximum Gasteiger partial charge on any atom is 0.199 e. The van der Waals surface area contributed by atoms with Crippen LogP contribution in [0.5, 0.6) is 0 Å². The lowest BCUT2D eigenvalue weighted by molar-refractivity contribution is 1.16. The maximum absolute atomic E-state index is 6.10. The minimum Gasteiger partial charge on any atom is -0.232 e. The molecule has 17 heavy (non-hydrogen) atoms. The summed E-state index contributed by atoms with van der Waals surface area (Å²) < 4.78 is 0. The van der Waals surface area contributed by atoms with E-state index in [2.05, 4.69) is 19.9 Å². The molecule has 5 heteroatoms. The average Bonchev–Trinajstić information content (AvgIpc) is 2.39. The fourth-order valence-corrected chi connectivity index (χ4v) is 1.79. The minimum absolute atomic E-state index is 0.337. The summed E-state index contributed by atoms with van der Waals surface area (Å²) >= 11 is 6.10. The highest BCUT2D eigenvalue weighted by Crippen LogP contribution is 2.24. The van der Waals surface area contributed by atoms with Crippen molar-refractivity contribution in [2.45, 2.75) is 0 Å². The predicted octanol–water partition coefficient (Wildman–Crippen LogP) is 2.74. The van der Waals surface area contributed by atoms with Crippen LogP contribution < -0.4 is 0 Å². The van der Waals surface area contributed by atoms with Gasteiger partial charge in [0.05, 0.1) is 0 Å². The summed E-state index contributed by atoms with van der Waals surface area (Å²) in [5.41, 5.74) is 2.49. The van der Waals surface area contributed by atoms with Crippen LogP contribution in [-0.4, -0.2) is 19.9 Å². The molecule has 0 aliphatic carbocycles. The van der Waals surface area contributed by atoms with Crippen molar-refractivity contribution >= 4 is 22.9 Å². The van der Waals surface area contributed by atoms with Crippen LogP contribution in [0.25, 0.3) is 22.6 Å². The average molecular weight is 243 g/mol. The fourth-order valence-electron chi connectivity index (χ4n) is 1.56. The number of rotatable bonds is 1. The Kier molecular flexibility index (Phi) is 2.42. The Hall–Kier alpha value is -2.07. The summed E-state index contributed by atoms with van der Waals surface area (Å²) in [5.74, 6) is 0. The molecule has 0 saturated heterocycles. The number of fused-ring (bicyclic) bond motifs is 1. The van der Waals surface area contributed by atoms with Crippen molar-refractivity contribution in [3.05, 3.63) is 47.9 Å². The number of benzene rings is 1. The second-order valence-electron chi connectivity index (χ2n) is 3.43. The van der Waals surface area contributed by atoms with Crippen LogP contribution in [-0.2, 0) is 0 Å². The molecule has 82 valence electrons. The third kappa shape index (κ3) is 1.83. The molecule has 0 fully saturated rings. The number of halogens is 1. The van der Waals surface area contributed by atoms with Gasteiger partial charge in [-0.25, -0.2) is 19.9 Å². The molecule has 0 amide bonds. The molecule has 1 aromatic carbocycles. The first-order chi connectivity index (χ1) is 8.34. The molecule has 0 aliphatic rings. The molecule has 3 rings (SSSR count). The molecule has 0 unspecified atom stereocenters. The number of hydrogen-bond acceptors (Lipinski definition) is 4. The first-order valence-electron chi connectivity index (χ1n) is 5.04. The van der Waals surface area contributed by atoms with E-state index in [0.29, 0.717) is 22.1 Å². The van der Waals surface area contributed by atoms with Crippen LogP contribution in [0, 0.1) is 0 Å². The zero-order valence-electron chi connectivity index (χ0n) is 8.71. The molecular formula is C12H7ClN4. The number of nitrogens with zero attached hydrogens (tertiary/aromatic N) is 4. The molecule has 0 atom stereocenters. The monoisotopic (exact) mass is 242 g/mol. The van der Waals surface area contributed by atoms with Crippen molar-refractivity contribution < 1.29 is 0 Å². The largest absolute Gasteiger partial charge is 0.232 e. The van der Waals surface area contributed by atoms with Gasteiger partial charge in [0.1, 0.15) is 5.69 Å². The van der Waals surface area contributed by atoms with Crippen molar-refractivity contribution in [2.75, 3.05) is 0 Å². The lowest BCUT2D eigenvalue weighted by atomic mass is 10.2. The standard InChI is InChI=1S/C12H7ClN4/c13-10-9(8-4-2-1-3-5-8)16-11-12(17-10)15-7-6-14-11/h1-7H. The summed E-state index contributed by atoms with van der Waals surface area (Å²) in [6.45, 7) is 0. The molecule has 0 bridgehead atoms. The maximum atomic E-state index is 6.10. The highest BCUT2D eigenvalue weighted by molar-refractivity contribution is 6.32. The summed E-state index contributed by atoms with van der Waals surface area (Å²) in [5, 5.41) is 0.337. The first-order valence-corrected chi connectivity index (χ1v) is 5.42. The van der Waals surface area contributed by atoms with E-state index < -0.39 is 0 Å². The van der Waals surface area contributed by atoms with Gasteiger partial charge < -0.3 is 0 Å². The molecule has 0 radical (unpaired) electrons. The van der Waals surface area contributed by atoms with E-state index in [4.69, 9.17) is 11.6 Å². The van der Waals surface area contributed by atoms with Crippen molar-refractivity contribution in [2.24, 2.45) is 0 Å². The van der Waals surface area contributed by atoms with Gasteiger partial charge >= 0.3 is 0 Å². The van der Waals surface area contributed by atoms with E-state index in [1.165, 1.54) is 0 Å². The van der Waals surface area contributed by atoms with Gasteiger partial charge in [-0.05, 0) is 0 Å². The Bertz CT molecular complexity index is 670. The van der Waals surface area contributed by atoms with Gasteiger partial charge in [-0.15, -0.1) is 0 Å². The van der Waals surface area contributed by atoms with Gasteiger partial charge in [0, 0.05) is 18.0 Å². The third-order valence-electron chi connectivity index (χ3n) is 2.32. The Balaban J connectivity index is 2.27. The van der Waals surface area contributed by atoms with E-state index >= 15 is 0 Å². The molecule has 4 nitrogen and oxygen atoms in total. The fraction of sp³-hybridized carbons (Fsp3) is 0. The van der Waals surface area contributed by atoms with E-state index in [1.54, 1.807) is 12.4 Å². The first kappa shape index (κ1) is 10.1. The van der Waals surface area contributed by atoms with E-state index in [1.807, 2.05) is 30.3 Å². The van der Waals surface area contributed by atoms with Crippen LogP contribution in [0.2, 0.25) is 5.15 Å². The summed E-state index contributed by atoms with van der Waals surface area (Å²) in [4.78, 5) is 16.7. The van der Waals surface area contributed by atoms with Crippen LogP contribution in [0.15, 0.2) is 42.7 Å². The summed E-state index contributed by atoms with van der Waals surface area (Å²) in [6, 6.07) is 9.64. The highest BCUT2D eigenvalue weighted by Gasteiger charge is 2.09. The Morgan fingerprint density at radius 3 is 2.18 bits per heavy atom. The molecular weight excluding hydrogens is 236 g/mol. The SMILES string of the molecule is Clc1nc2nccnc2nc1-c1ccccc1. The van der Waals surface area contributed by atoms with Crippen LogP contribution >= 0.6 is 11.6 Å². The van der Waals surface area contributed by atoms with Gasteiger partial charge in [-0.1, -0.05) is 41.9 Å². The number of aromatic nitrogens is 4. The zero-order chi connectivity index (χ0) is 11.7. The molecule has 0 aliphatic heterocycles. The lowest BCUT2D eigenvalue weighted by Gasteiger charge is -2.03. The summed E-state index contributed by atoms with van der Waals surface area (Å²) in [6.07, 6.45) is 3.15. The van der Waals surface area contributed by atoms with Gasteiger partial charge in [0.25, 0.3) is 0 Å². The second kappa shape index (κ2) is 4.07. The Morgan fingerprint density at radius 2 is 1.47 bits per heavy atom. The zero-order valence-corrected chi connectivity index (χ0v) is 9.46. The van der Waals surface area contributed by atoms with Gasteiger partial charge in [-0.3, -0.25) is 0 Å². The quantitative estimate of drug-likeness (QED) is 0.658. The molecule has 3 aromatic rings. The van der Waals surface area contributed by atoms with Crippen LogP contribution in [0.4, 0.5) is 0 Å². The van der Waals surface area contributed by atoms with Crippen molar-refractivity contribution in [3.8, 4) is 11.3 Å². The molecule has 2 aromatic heterocycles. The molecule has 2 heterocycles. The van der Waals surface area contributed by atoms with Gasteiger partial charge in [0.15, 0.2) is 16.4 Å². The third-order valence-corrected chi connectivity index (χ3v) is 2.59. The predicted molar refractivity (Wildman–Crippen MR) is 65.6 cm³/mol. The van der Waals surface area contributed by atoms with Crippen molar-refractivity contribution in [3.63, 3.8) is 0 Å². The van der Waals surface area contributed by atoms with Gasteiger partial charge in [-0.2, -0.15) is 0 Å². The van der Waals surface area contributed by atoms with Crippen LogP contribution in [0.3, 0.4) is 0 Å². The van der Waals surface area contributed by atoms with Crippen molar-refractivity contribution in [1.82, 2.24) is 19.9 Å². The van der Waals surface area contributed by atoms with Crippen molar-refractivity contribution in [1.29, 1.82) is 0 Å². The second-order valence-corrected chi connectivity index (χ2v) is 3.79. The van der Waals surface area contributed by atoms with Crippen LogP contribution in [0.1, 0.15) is 0 Å². The number of hydrogen-bond donors (Lipinski definition) is 0. The Labute approximate surface area is 102 Å². The Morgan fingerprint density at radius 1 is 0.824 bits per heavy atom. The summed E-state index contributed by atoms with van der Waals surface area (Å²) in [7, 11) is 0. The molecule has 0 N–H and O–H groups in total. The smallest absolute Gasteiger partial charge is 0.199 e. The topological polar surface area (TPSA) is 51.6 Å². The lowest BCUT2D eigenvalue weighted by Crippen LogP contribution is -1.94. The van der Waals surface area contributed by atoms with E-state index in [-0.39, 0.29) is 0 Å². The minimum atomic E-state index is 0.337. The normalized spacial score (nSPS) is 10.6. The van der Waals surface area contributed by atoms with E-state index in [0.717, 1.165) is 5.56 Å². The van der Waals surface area contributed by atoms with Gasteiger partial charge in [0.2, 0.25) is 0 Å². The molecule has 0 spiro atoms. The molecule has 0 saturated carbocycles. The van der Waals surface area contributed by atoms with E-state index in [9.17, 15) is 0 Å². The highest BCUT2D eigenvalue weighted by atomic mass is 35.5.